The van der Waals surface area contributed by atoms with Gasteiger partial charge in [0, 0.05) is 29.3 Å². The molecule has 0 saturated heterocycles. The van der Waals surface area contributed by atoms with Gasteiger partial charge < -0.3 is 4.74 Å². The number of aromatic nitrogens is 6. The van der Waals surface area contributed by atoms with Gasteiger partial charge in [0.15, 0.2) is 10.8 Å². The maximum absolute atomic E-state index is 13.5. The summed E-state index contributed by atoms with van der Waals surface area (Å²) in [4.78, 5) is 33.8. The van der Waals surface area contributed by atoms with Crippen LogP contribution in [0.4, 0.5) is 13.9 Å². The van der Waals surface area contributed by atoms with Crippen molar-refractivity contribution < 1.29 is 18.3 Å². The lowest BCUT2D eigenvalue weighted by molar-refractivity contribution is 0.102. The van der Waals surface area contributed by atoms with E-state index >= 15 is 0 Å². The number of nitrogens with zero attached hydrogens (tertiary/aromatic N) is 6. The Morgan fingerprint density at radius 3 is 2.68 bits per heavy atom. The van der Waals surface area contributed by atoms with E-state index in [0.29, 0.717) is 16.5 Å². The van der Waals surface area contributed by atoms with Gasteiger partial charge in [0.1, 0.15) is 11.4 Å². The summed E-state index contributed by atoms with van der Waals surface area (Å²) in [5.41, 5.74) is 0.0159. The van der Waals surface area contributed by atoms with Gasteiger partial charge in [-0.1, -0.05) is 17.3 Å². The molecule has 0 radical (unpaired) electrons. The molecular weight excluding hydrogens is 516 g/mol. The van der Waals surface area contributed by atoms with Crippen LogP contribution in [0.15, 0.2) is 41.6 Å². The normalized spacial score (nSPS) is 12.7. The van der Waals surface area contributed by atoms with Crippen LogP contribution in [0.25, 0.3) is 16.9 Å². The molecule has 4 heterocycles. The Hall–Kier alpha value is -4.57. The minimum atomic E-state index is -2.86. The molecule has 38 heavy (non-hydrogen) atoms. The second kappa shape index (κ2) is 10.4. The molecule has 13 heteroatoms. The van der Waals surface area contributed by atoms with E-state index in [-0.39, 0.29) is 33.4 Å². The number of anilines is 1. The van der Waals surface area contributed by atoms with E-state index < -0.39 is 23.6 Å². The number of aryl methyl sites for hydroxylation is 1. The molecule has 0 bridgehead atoms. The maximum Gasteiger partial charge on any atom is 0.280 e. The van der Waals surface area contributed by atoms with Gasteiger partial charge in [-0.2, -0.15) is 9.78 Å². The predicted octanol–water partition coefficient (Wildman–Crippen LogP) is 3.81. The Morgan fingerprint density at radius 2 is 1.97 bits per heavy atom. The summed E-state index contributed by atoms with van der Waals surface area (Å²) in [6.45, 7) is 1.72. The Balaban J connectivity index is 1.58. The highest BCUT2D eigenvalue weighted by Gasteiger charge is 2.23. The van der Waals surface area contributed by atoms with E-state index in [1.165, 1.54) is 31.6 Å². The van der Waals surface area contributed by atoms with Crippen LogP contribution in [-0.4, -0.2) is 43.0 Å². The first-order valence-corrected chi connectivity index (χ1v) is 12.2. The van der Waals surface area contributed by atoms with Crippen LogP contribution < -0.4 is 15.6 Å². The third kappa shape index (κ3) is 5.40. The van der Waals surface area contributed by atoms with Crippen molar-refractivity contribution >= 4 is 22.4 Å². The number of halogens is 2. The van der Waals surface area contributed by atoms with Gasteiger partial charge in [-0.3, -0.25) is 19.9 Å². The molecule has 0 unspecified atom stereocenters. The van der Waals surface area contributed by atoms with Gasteiger partial charge in [-0.25, -0.2) is 13.8 Å². The summed E-state index contributed by atoms with van der Waals surface area (Å²) in [6, 6.07) is 3.90. The number of methoxy groups -OCH3 is 1. The molecule has 1 fully saturated rings. The van der Waals surface area contributed by atoms with Gasteiger partial charge in [-0.15, -0.1) is 10.2 Å². The van der Waals surface area contributed by atoms with Crippen molar-refractivity contribution in [2.75, 3.05) is 12.4 Å². The maximum atomic E-state index is 13.5. The van der Waals surface area contributed by atoms with Crippen molar-refractivity contribution in [3.8, 4) is 34.5 Å². The van der Waals surface area contributed by atoms with Crippen LogP contribution in [0.1, 0.15) is 45.9 Å². The van der Waals surface area contributed by atoms with Gasteiger partial charge in [0.05, 0.1) is 25.1 Å². The van der Waals surface area contributed by atoms with E-state index in [4.69, 9.17) is 4.74 Å². The van der Waals surface area contributed by atoms with Crippen molar-refractivity contribution in [2.45, 2.75) is 26.2 Å². The first-order valence-electron chi connectivity index (χ1n) is 11.4. The zero-order valence-corrected chi connectivity index (χ0v) is 20.9. The Morgan fingerprint density at radius 1 is 1.16 bits per heavy atom. The number of hydrogen-bond acceptors (Lipinski definition) is 9. The predicted molar refractivity (Wildman–Crippen MR) is 135 cm³/mol. The van der Waals surface area contributed by atoms with Crippen molar-refractivity contribution in [3.63, 3.8) is 0 Å². The van der Waals surface area contributed by atoms with E-state index in [1.807, 2.05) is 0 Å². The van der Waals surface area contributed by atoms with Crippen molar-refractivity contribution in [1.29, 1.82) is 0 Å². The van der Waals surface area contributed by atoms with E-state index in [1.54, 1.807) is 6.92 Å². The lowest BCUT2D eigenvalue weighted by Crippen LogP contribution is -2.22. The molecule has 5 rings (SSSR count). The molecule has 0 aliphatic heterocycles. The smallest absolute Gasteiger partial charge is 0.280 e. The standard InChI is InChI=1S/C25H19F2N7O3S/c1-13-7-22(35)34(30-10-13)20-9-15(16-8-18(23(26)27)28-12-19(16)37-2)17(11-29-20)24(36)31-25-33-32-21(38-25)6-5-14-3-4-14/h7-12,14,23H,3-4H2,1-2H3,(H,31,33,36). The number of ether oxygens (including phenoxy) is 1. The quantitative estimate of drug-likeness (QED) is 0.370. The van der Waals surface area contributed by atoms with Crippen molar-refractivity contribution in [1.82, 2.24) is 29.9 Å². The highest BCUT2D eigenvalue weighted by molar-refractivity contribution is 7.15. The topological polar surface area (TPSA) is 125 Å². The highest BCUT2D eigenvalue weighted by Crippen LogP contribution is 2.35. The number of carbonyl (C=O) groups is 1. The molecule has 4 aromatic heterocycles. The van der Waals surface area contributed by atoms with E-state index in [9.17, 15) is 18.4 Å². The van der Waals surface area contributed by atoms with Gasteiger partial charge in [0.2, 0.25) is 5.13 Å². The second-order valence-corrected chi connectivity index (χ2v) is 9.37. The number of pyridine rings is 2. The fourth-order valence-electron chi connectivity index (χ4n) is 3.47. The third-order valence-corrected chi connectivity index (χ3v) is 6.27. The third-order valence-electron chi connectivity index (χ3n) is 5.52. The minimum Gasteiger partial charge on any atom is -0.494 e. The number of carbonyl (C=O) groups excluding carboxylic acids is 1. The average Bonchev–Trinajstić information content (AvgIpc) is 3.64. The monoisotopic (exact) mass is 535 g/mol. The molecule has 1 N–H and O–H groups in total. The van der Waals surface area contributed by atoms with Crippen LogP contribution in [-0.2, 0) is 0 Å². The number of nitrogens with one attached hydrogen (secondary N) is 1. The van der Waals surface area contributed by atoms with Crippen molar-refractivity contribution in [2.24, 2.45) is 5.92 Å². The molecule has 0 atom stereocenters. The summed E-state index contributed by atoms with van der Waals surface area (Å²) in [5.74, 6) is 5.99. The first kappa shape index (κ1) is 25.1. The second-order valence-electron chi connectivity index (χ2n) is 8.39. The molecule has 0 spiro atoms. The fourth-order valence-corrected chi connectivity index (χ4v) is 4.07. The highest BCUT2D eigenvalue weighted by atomic mass is 32.1. The summed E-state index contributed by atoms with van der Waals surface area (Å²) < 4.78 is 33.4. The number of rotatable bonds is 6. The molecule has 1 aliphatic rings. The van der Waals surface area contributed by atoms with E-state index in [2.05, 4.69) is 42.4 Å². The SMILES string of the molecule is COc1cnc(C(F)F)cc1-c1cc(-n2ncc(C)cc2=O)ncc1C(=O)Nc1nnc(C#CC2CC2)s1. The molecule has 0 aromatic carbocycles. The zero-order chi connectivity index (χ0) is 26.8. The van der Waals surface area contributed by atoms with Crippen LogP contribution in [0.2, 0.25) is 0 Å². The van der Waals surface area contributed by atoms with Crippen LogP contribution in [0, 0.1) is 24.7 Å². The van der Waals surface area contributed by atoms with Gasteiger partial charge in [-0.05, 0) is 43.4 Å². The lowest BCUT2D eigenvalue weighted by atomic mass is 10.00. The number of amides is 1. The number of hydrogen-bond donors (Lipinski definition) is 1. The van der Waals surface area contributed by atoms with E-state index in [0.717, 1.165) is 41.1 Å². The fraction of sp³-hybridized carbons (Fsp3) is 0.240. The molecular formula is C25H19F2N7O3S. The Labute approximate surface area is 218 Å². The summed E-state index contributed by atoms with van der Waals surface area (Å²) in [7, 11) is 1.35. The largest absolute Gasteiger partial charge is 0.494 e. The summed E-state index contributed by atoms with van der Waals surface area (Å²) >= 11 is 1.11. The Bertz CT molecular complexity index is 1650. The van der Waals surface area contributed by atoms with Crippen LogP contribution in [0.3, 0.4) is 0 Å². The Kier molecular flexibility index (Phi) is 6.89. The summed E-state index contributed by atoms with van der Waals surface area (Å²) in [5, 5.41) is 15.4. The molecule has 1 aliphatic carbocycles. The minimum absolute atomic E-state index is 0.0134. The molecule has 1 saturated carbocycles. The molecule has 10 nitrogen and oxygen atoms in total. The van der Waals surface area contributed by atoms with Crippen LogP contribution in [0.5, 0.6) is 5.75 Å². The average molecular weight is 536 g/mol. The first-order chi connectivity index (χ1) is 18.3. The zero-order valence-electron chi connectivity index (χ0n) is 20.1. The molecule has 192 valence electrons. The molecule has 1 amide bonds. The van der Waals surface area contributed by atoms with Crippen LogP contribution >= 0.6 is 11.3 Å². The lowest BCUT2D eigenvalue weighted by Gasteiger charge is -2.15. The van der Waals surface area contributed by atoms with Gasteiger partial charge >= 0.3 is 0 Å². The number of alkyl halides is 2. The molecule has 4 aromatic rings. The van der Waals surface area contributed by atoms with Gasteiger partial charge in [0.25, 0.3) is 17.9 Å². The van der Waals surface area contributed by atoms with Crippen molar-refractivity contribution in [3.05, 3.63) is 69.0 Å². The summed E-state index contributed by atoms with van der Waals surface area (Å²) in [6.07, 6.45) is 3.12.